The summed E-state index contributed by atoms with van der Waals surface area (Å²) < 4.78 is 23.4. The summed E-state index contributed by atoms with van der Waals surface area (Å²) in [5, 5.41) is -2.48. The Bertz CT molecular complexity index is 380. The van der Waals surface area contributed by atoms with Gasteiger partial charge in [-0.25, -0.2) is 0 Å². The molecular weight excluding hydrogens is 384 g/mol. The minimum atomic E-state index is -3.31. The topological polar surface area (TPSA) is 80.3 Å². The molecule has 0 aromatic heterocycles. The largest absolute Gasteiger partial charge is 2.00 e. The van der Waals surface area contributed by atoms with E-state index in [9.17, 15) is 18.9 Å². The maximum absolute atomic E-state index is 11.7. The van der Waals surface area contributed by atoms with Crippen molar-refractivity contribution in [1.82, 2.24) is 0 Å². The van der Waals surface area contributed by atoms with Crippen LogP contribution < -0.4 is 9.79 Å². The molecule has 0 saturated carbocycles. The molecule has 4 nitrogen and oxygen atoms in total. The van der Waals surface area contributed by atoms with E-state index in [1.54, 1.807) is 83.1 Å². The van der Waals surface area contributed by atoms with Crippen molar-refractivity contribution in [2.24, 2.45) is 0 Å². The summed E-state index contributed by atoms with van der Waals surface area (Å²) in [6.07, 6.45) is 0. The first-order valence-corrected chi connectivity index (χ1v) is 10.9. The molecule has 136 valence electrons. The maximum atomic E-state index is 11.7. The van der Waals surface area contributed by atoms with Gasteiger partial charge in [-0.3, -0.25) is 0 Å². The summed E-state index contributed by atoms with van der Waals surface area (Å²) in [4.78, 5) is 23.4. The van der Waals surface area contributed by atoms with Crippen LogP contribution in [0.15, 0.2) is 0 Å². The molecule has 0 aromatic carbocycles. The van der Waals surface area contributed by atoms with Crippen molar-refractivity contribution < 1.29 is 38.4 Å². The summed E-state index contributed by atoms with van der Waals surface area (Å²) in [6, 6.07) is 0. The fraction of sp³-hybridized carbons (Fsp3) is 1.00. The van der Waals surface area contributed by atoms with Crippen LogP contribution in [0.25, 0.3) is 0 Å². The van der Waals surface area contributed by atoms with E-state index in [4.69, 9.17) is 0 Å². The fourth-order valence-corrected chi connectivity index (χ4v) is 6.04. The molecular formula is C16H36O4P2Zn. The van der Waals surface area contributed by atoms with E-state index >= 15 is 0 Å². The molecule has 23 heavy (non-hydrogen) atoms. The summed E-state index contributed by atoms with van der Waals surface area (Å²) in [7, 11) is -6.62. The molecule has 0 aromatic rings. The molecule has 0 N–H and O–H groups in total. The van der Waals surface area contributed by atoms with Crippen molar-refractivity contribution in [2.45, 2.75) is 104 Å². The average molecular weight is 420 g/mol. The van der Waals surface area contributed by atoms with Crippen LogP contribution >= 0.6 is 14.7 Å². The Hall–Kier alpha value is 1.00. The Kier molecular flexibility index (Phi) is 10.2. The Morgan fingerprint density at radius 1 is 0.478 bits per heavy atom. The van der Waals surface area contributed by atoms with Crippen LogP contribution in [-0.2, 0) is 28.6 Å². The van der Waals surface area contributed by atoms with Gasteiger partial charge in [-0.2, -0.15) is 0 Å². The van der Waals surface area contributed by atoms with Gasteiger partial charge in [0.05, 0.1) is 0 Å². The van der Waals surface area contributed by atoms with Gasteiger partial charge in [0.15, 0.2) is 0 Å². The Morgan fingerprint density at radius 3 is 0.565 bits per heavy atom. The standard InChI is InChI=1S/2C8H19O2P.Zn/c2*1-7(2,3)11(9,10)8(4,5)6;/h2*1-6H3,(H,9,10);/q;;+2/p-2. The van der Waals surface area contributed by atoms with Crippen LogP contribution in [0.5, 0.6) is 0 Å². The first-order chi connectivity index (χ1) is 9.00. The molecule has 0 saturated heterocycles. The van der Waals surface area contributed by atoms with Crippen molar-refractivity contribution in [1.29, 1.82) is 0 Å². The van der Waals surface area contributed by atoms with Crippen molar-refractivity contribution in [3.05, 3.63) is 0 Å². The van der Waals surface area contributed by atoms with E-state index in [1.807, 2.05) is 0 Å². The van der Waals surface area contributed by atoms with Gasteiger partial charge in [-0.1, -0.05) is 83.1 Å². The van der Waals surface area contributed by atoms with Crippen LogP contribution in [0, 0.1) is 0 Å². The van der Waals surface area contributed by atoms with Crippen molar-refractivity contribution >= 4 is 14.7 Å². The third kappa shape index (κ3) is 7.41. The molecule has 7 heteroatoms. The summed E-state index contributed by atoms with van der Waals surface area (Å²) in [5.41, 5.74) is 0. The molecule has 0 heterocycles. The predicted octanol–water partition coefficient (Wildman–Crippen LogP) is 4.44. The molecule has 0 aliphatic carbocycles. The third-order valence-electron chi connectivity index (χ3n) is 3.53. The zero-order valence-corrected chi connectivity index (χ0v) is 22.0. The van der Waals surface area contributed by atoms with Gasteiger partial charge >= 0.3 is 19.5 Å². The Balaban J connectivity index is -0.000000333. The molecule has 0 aliphatic rings. The van der Waals surface area contributed by atoms with Gasteiger partial charge < -0.3 is 18.9 Å². The van der Waals surface area contributed by atoms with Crippen molar-refractivity contribution in [3.63, 3.8) is 0 Å². The SMILES string of the molecule is CC(C)(C)P(=O)([O-])C(C)(C)C.CC(C)(C)P(=O)([O-])C(C)(C)C.[Zn+2]. The quantitative estimate of drug-likeness (QED) is 0.429. The average Bonchev–Trinajstić information content (AvgIpc) is 2.10. The zero-order chi connectivity index (χ0) is 19.0. The van der Waals surface area contributed by atoms with E-state index in [-0.39, 0.29) is 19.5 Å². The second kappa shape index (κ2) is 8.13. The van der Waals surface area contributed by atoms with E-state index < -0.39 is 35.4 Å². The zero-order valence-electron chi connectivity index (χ0n) is 17.2. The van der Waals surface area contributed by atoms with Crippen LogP contribution in [-0.4, -0.2) is 20.6 Å². The van der Waals surface area contributed by atoms with Gasteiger partial charge in [-0.15, -0.1) is 0 Å². The van der Waals surface area contributed by atoms with E-state index in [1.165, 1.54) is 0 Å². The summed E-state index contributed by atoms with van der Waals surface area (Å²) in [6.45, 7) is 20.9. The van der Waals surface area contributed by atoms with Crippen LogP contribution in [0.3, 0.4) is 0 Å². The number of rotatable bonds is 0. The second-order valence-electron chi connectivity index (χ2n) is 9.79. The second-order valence-corrected chi connectivity index (χ2v) is 17.4. The van der Waals surface area contributed by atoms with Crippen molar-refractivity contribution in [3.8, 4) is 0 Å². The molecule has 0 spiro atoms. The summed E-state index contributed by atoms with van der Waals surface area (Å²) in [5.74, 6) is 0. The van der Waals surface area contributed by atoms with Gasteiger partial charge in [0.1, 0.15) is 0 Å². The minimum Gasteiger partial charge on any atom is -0.799 e. The van der Waals surface area contributed by atoms with Crippen LogP contribution in [0.4, 0.5) is 0 Å². The van der Waals surface area contributed by atoms with Crippen LogP contribution in [0.1, 0.15) is 83.1 Å². The molecule has 0 unspecified atom stereocenters. The van der Waals surface area contributed by atoms with E-state index in [2.05, 4.69) is 0 Å². The molecule has 0 atom stereocenters. The predicted molar refractivity (Wildman–Crippen MR) is 94.2 cm³/mol. The molecule has 0 rings (SSSR count). The first kappa shape index (κ1) is 28.8. The Morgan fingerprint density at radius 2 is 0.565 bits per heavy atom. The molecule has 0 bridgehead atoms. The third-order valence-corrected chi connectivity index (χ3v) is 10.6. The van der Waals surface area contributed by atoms with E-state index in [0.29, 0.717) is 0 Å². The molecule has 0 radical (unpaired) electrons. The van der Waals surface area contributed by atoms with Gasteiger partial charge in [0, 0.05) is 35.4 Å². The number of hydrogen-bond donors (Lipinski definition) is 0. The molecule has 0 fully saturated rings. The summed E-state index contributed by atoms with van der Waals surface area (Å²) >= 11 is 0. The smallest absolute Gasteiger partial charge is 0.799 e. The molecule has 0 amide bonds. The molecule has 0 aliphatic heterocycles. The van der Waals surface area contributed by atoms with Crippen molar-refractivity contribution in [2.75, 3.05) is 0 Å². The maximum Gasteiger partial charge on any atom is 2.00 e. The van der Waals surface area contributed by atoms with Gasteiger partial charge in [-0.05, 0) is 0 Å². The van der Waals surface area contributed by atoms with Gasteiger partial charge in [0.2, 0.25) is 0 Å². The normalized spacial score (nSPS) is 14.5. The van der Waals surface area contributed by atoms with Crippen LogP contribution in [0.2, 0.25) is 0 Å². The fourth-order valence-electron chi connectivity index (χ4n) is 2.01. The first-order valence-electron chi connectivity index (χ1n) is 7.62. The van der Waals surface area contributed by atoms with E-state index in [0.717, 1.165) is 0 Å². The number of hydrogen-bond acceptors (Lipinski definition) is 4. The minimum absolute atomic E-state index is 0. The Labute approximate surface area is 156 Å². The monoisotopic (exact) mass is 418 g/mol. The van der Waals surface area contributed by atoms with Gasteiger partial charge in [0.25, 0.3) is 0 Å².